The van der Waals surface area contributed by atoms with Crippen molar-refractivity contribution in [3.63, 3.8) is 0 Å². The predicted octanol–water partition coefficient (Wildman–Crippen LogP) is 4.59. The molecule has 0 radical (unpaired) electrons. The summed E-state index contributed by atoms with van der Waals surface area (Å²) in [5, 5.41) is 6.84. The molecule has 0 saturated heterocycles. The third-order valence-electron chi connectivity index (χ3n) is 5.75. The van der Waals surface area contributed by atoms with Crippen LogP contribution in [0.5, 0.6) is 0 Å². The highest BCUT2D eigenvalue weighted by Gasteiger charge is 2.25. The van der Waals surface area contributed by atoms with Crippen LogP contribution < -0.4 is 10.6 Å². The Kier molecular flexibility index (Phi) is 12.0. The van der Waals surface area contributed by atoms with Crippen LogP contribution in [-0.2, 0) is 17.8 Å². The van der Waals surface area contributed by atoms with Gasteiger partial charge in [-0.1, -0.05) is 43.2 Å². The van der Waals surface area contributed by atoms with Crippen LogP contribution in [0.25, 0.3) is 0 Å². The molecular weight excluding hydrogens is 501 g/mol. The zero-order valence-corrected chi connectivity index (χ0v) is 21.3. The molecule has 1 aliphatic carbocycles. The Hall–Kier alpha value is -1.61. The molecule has 1 aliphatic rings. The van der Waals surface area contributed by atoms with Crippen molar-refractivity contribution < 1.29 is 4.74 Å². The Morgan fingerprint density at radius 2 is 1.97 bits per heavy atom. The van der Waals surface area contributed by atoms with E-state index in [4.69, 9.17) is 9.73 Å². The van der Waals surface area contributed by atoms with Gasteiger partial charge in [0.25, 0.3) is 0 Å². The van der Waals surface area contributed by atoms with Crippen LogP contribution in [0.1, 0.15) is 57.3 Å². The van der Waals surface area contributed by atoms with E-state index in [1.807, 2.05) is 18.5 Å². The third-order valence-corrected chi connectivity index (χ3v) is 5.75. The molecule has 0 aliphatic heterocycles. The zero-order chi connectivity index (χ0) is 21.0. The highest BCUT2D eigenvalue weighted by Crippen LogP contribution is 2.30. The summed E-state index contributed by atoms with van der Waals surface area (Å²) < 4.78 is 8.21. The molecule has 2 aromatic rings. The van der Waals surface area contributed by atoms with Gasteiger partial charge in [-0.15, -0.1) is 24.0 Å². The standard InChI is InChI=1S/C24H37N5O.HI/c1-3-25-24(27-15-14-22(30-4-2)21-12-8-9-13-21)28-18-23-26-16-17-29(23)19-20-10-6-5-7-11-20;/h5-7,10-11,16-17,21-22H,3-4,8-9,12-15,18-19H2,1-2H3,(H2,25,27,28);1H. The summed E-state index contributed by atoms with van der Waals surface area (Å²) in [5.41, 5.74) is 1.26. The van der Waals surface area contributed by atoms with E-state index in [2.05, 4.69) is 58.3 Å². The van der Waals surface area contributed by atoms with Crippen molar-refractivity contribution in [3.8, 4) is 0 Å². The number of aliphatic imine (C=N–C) groups is 1. The van der Waals surface area contributed by atoms with Gasteiger partial charge in [0.15, 0.2) is 5.96 Å². The number of nitrogens with one attached hydrogen (secondary N) is 2. The predicted molar refractivity (Wildman–Crippen MR) is 138 cm³/mol. The van der Waals surface area contributed by atoms with Crippen molar-refractivity contribution in [2.45, 2.75) is 65.1 Å². The summed E-state index contributed by atoms with van der Waals surface area (Å²) in [7, 11) is 0. The van der Waals surface area contributed by atoms with Gasteiger partial charge in [-0.2, -0.15) is 0 Å². The van der Waals surface area contributed by atoms with Crippen molar-refractivity contribution in [2.24, 2.45) is 10.9 Å². The van der Waals surface area contributed by atoms with Gasteiger partial charge in [0.1, 0.15) is 12.4 Å². The SMILES string of the molecule is CCNC(=NCc1nccn1Cc1ccccc1)NCCC(OCC)C1CCCC1.I. The molecule has 31 heavy (non-hydrogen) atoms. The molecule has 3 rings (SSSR count). The second-order valence-electron chi connectivity index (χ2n) is 7.91. The molecule has 0 bridgehead atoms. The molecule has 1 atom stereocenters. The lowest BCUT2D eigenvalue weighted by Crippen LogP contribution is -2.39. The van der Waals surface area contributed by atoms with Gasteiger partial charge in [-0.3, -0.25) is 0 Å². The van der Waals surface area contributed by atoms with Gasteiger partial charge in [0.2, 0.25) is 0 Å². The first-order valence-electron chi connectivity index (χ1n) is 11.5. The first-order chi connectivity index (χ1) is 14.8. The summed E-state index contributed by atoms with van der Waals surface area (Å²) in [6, 6.07) is 10.5. The molecular formula is C24H38IN5O. The smallest absolute Gasteiger partial charge is 0.191 e. The molecule has 6 nitrogen and oxygen atoms in total. The van der Waals surface area contributed by atoms with Crippen LogP contribution in [0.4, 0.5) is 0 Å². The Morgan fingerprint density at radius 3 is 2.68 bits per heavy atom. The number of aromatic nitrogens is 2. The van der Waals surface area contributed by atoms with Crippen molar-refractivity contribution in [2.75, 3.05) is 19.7 Å². The lowest BCUT2D eigenvalue weighted by atomic mass is 9.98. The minimum absolute atomic E-state index is 0. The quantitative estimate of drug-likeness (QED) is 0.249. The fourth-order valence-corrected chi connectivity index (χ4v) is 4.24. The lowest BCUT2D eigenvalue weighted by molar-refractivity contribution is 0.0169. The minimum atomic E-state index is 0. The number of benzene rings is 1. The molecule has 172 valence electrons. The molecule has 0 amide bonds. The molecule has 1 saturated carbocycles. The Bertz CT molecular complexity index is 758. The highest BCUT2D eigenvalue weighted by molar-refractivity contribution is 14.0. The number of nitrogens with zero attached hydrogens (tertiary/aromatic N) is 3. The number of hydrogen-bond donors (Lipinski definition) is 2. The summed E-state index contributed by atoms with van der Waals surface area (Å²) in [6.45, 7) is 8.04. The zero-order valence-electron chi connectivity index (χ0n) is 18.9. The molecule has 1 unspecified atom stereocenters. The Labute approximate surface area is 204 Å². The highest BCUT2D eigenvalue weighted by atomic mass is 127. The van der Waals surface area contributed by atoms with Crippen LogP contribution in [0, 0.1) is 5.92 Å². The second-order valence-corrected chi connectivity index (χ2v) is 7.91. The number of imidazole rings is 1. The molecule has 1 fully saturated rings. The number of rotatable bonds is 11. The summed E-state index contributed by atoms with van der Waals surface area (Å²) in [5.74, 6) is 2.53. The van der Waals surface area contributed by atoms with Crippen LogP contribution in [-0.4, -0.2) is 41.3 Å². The molecule has 2 N–H and O–H groups in total. The topological polar surface area (TPSA) is 63.5 Å². The summed E-state index contributed by atoms with van der Waals surface area (Å²) in [4.78, 5) is 9.28. The Morgan fingerprint density at radius 1 is 1.19 bits per heavy atom. The van der Waals surface area contributed by atoms with E-state index in [0.29, 0.717) is 12.6 Å². The van der Waals surface area contributed by atoms with Crippen LogP contribution in [0.2, 0.25) is 0 Å². The minimum Gasteiger partial charge on any atom is -0.378 e. The molecule has 0 spiro atoms. The number of hydrogen-bond acceptors (Lipinski definition) is 3. The summed E-state index contributed by atoms with van der Waals surface area (Å²) >= 11 is 0. The van der Waals surface area contributed by atoms with Crippen molar-refractivity contribution in [3.05, 3.63) is 54.1 Å². The first-order valence-corrected chi connectivity index (χ1v) is 11.5. The van der Waals surface area contributed by atoms with E-state index in [0.717, 1.165) is 50.4 Å². The second kappa shape index (κ2) is 14.5. The normalized spacial score (nSPS) is 15.5. The van der Waals surface area contributed by atoms with Crippen LogP contribution >= 0.6 is 24.0 Å². The van der Waals surface area contributed by atoms with Crippen molar-refractivity contribution >= 4 is 29.9 Å². The number of halogens is 1. The molecule has 1 aromatic heterocycles. The van der Waals surface area contributed by atoms with Gasteiger partial charge in [-0.25, -0.2) is 9.98 Å². The number of ether oxygens (including phenoxy) is 1. The number of guanidine groups is 1. The Balaban J connectivity index is 0.00000341. The first kappa shape index (κ1) is 25.6. The van der Waals surface area contributed by atoms with Crippen molar-refractivity contribution in [1.82, 2.24) is 20.2 Å². The average Bonchev–Trinajstić information content (AvgIpc) is 3.44. The van der Waals surface area contributed by atoms with Gasteiger partial charge < -0.3 is 19.9 Å². The van der Waals surface area contributed by atoms with Gasteiger partial charge in [0.05, 0.1) is 6.10 Å². The maximum absolute atomic E-state index is 6.05. The van der Waals surface area contributed by atoms with Crippen molar-refractivity contribution in [1.29, 1.82) is 0 Å². The van der Waals surface area contributed by atoms with Crippen LogP contribution in [0.3, 0.4) is 0 Å². The van der Waals surface area contributed by atoms with Gasteiger partial charge in [0, 0.05) is 38.6 Å². The van der Waals surface area contributed by atoms with E-state index in [1.54, 1.807) is 0 Å². The van der Waals surface area contributed by atoms with Gasteiger partial charge in [-0.05, 0) is 44.6 Å². The maximum Gasteiger partial charge on any atom is 0.191 e. The van der Waals surface area contributed by atoms with E-state index in [9.17, 15) is 0 Å². The maximum atomic E-state index is 6.05. The van der Waals surface area contributed by atoms with Gasteiger partial charge >= 0.3 is 0 Å². The molecule has 1 heterocycles. The fourth-order valence-electron chi connectivity index (χ4n) is 4.24. The average molecular weight is 540 g/mol. The third kappa shape index (κ3) is 8.44. The largest absolute Gasteiger partial charge is 0.378 e. The fraction of sp³-hybridized carbons (Fsp3) is 0.583. The summed E-state index contributed by atoms with van der Waals surface area (Å²) in [6.07, 6.45) is 10.6. The lowest BCUT2D eigenvalue weighted by Gasteiger charge is -2.24. The van der Waals surface area contributed by atoms with Crippen LogP contribution in [0.15, 0.2) is 47.7 Å². The van der Waals surface area contributed by atoms with E-state index in [1.165, 1.54) is 31.2 Å². The molecule has 1 aromatic carbocycles. The van der Waals surface area contributed by atoms with E-state index in [-0.39, 0.29) is 24.0 Å². The monoisotopic (exact) mass is 539 g/mol. The van der Waals surface area contributed by atoms with E-state index < -0.39 is 0 Å². The van der Waals surface area contributed by atoms with E-state index >= 15 is 0 Å². The molecule has 7 heteroatoms.